The molecule has 2 aromatic carbocycles. The highest BCUT2D eigenvalue weighted by Gasteiger charge is 2.13. The molecule has 7 nitrogen and oxygen atoms in total. The van der Waals surface area contributed by atoms with Gasteiger partial charge in [0.05, 0.1) is 11.8 Å². The van der Waals surface area contributed by atoms with E-state index in [1.54, 1.807) is 54.9 Å². The summed E-state index contributed by atoms with van der Waals surface area (Å²) >= 11 is 0. The highest BCUT2D eigenvalue weighted by molar-refractivity contribution is 5.91. The number of halogens is 1. The summed E-state index contributed by atoms with van der Waals surface area (Å²) in [5, 5.41) is 2.86. The maximum absolute atomic E-state index is 13.9. The largest absolute Gasteiger partial charge is 0.441 e. The molecule has 0 aliphatic heterocycles. The van der Waals surface area contributed by atoms with Crippen LogP contribution in [0, 0.1) is 12.7 Å². The topological polar surface area (TPSA) is 90.1 Å². The molecule has 8 heteroatoms. The van der Waals surface area contributed by atoms with Crippen LogP contribution in [0.1, 0.15) is 17.9 Å². The molecule has 4 rings (SSSR count). The van der Waals surface area contributed by atoms with Crippen molar-refractivity contribution in [2.45, 2.75) is 19.8 Å². The van der Waals surface area contributed by atoms with Gasteiger partial charge in [-0.05, 0) is 48.9 Å². The van der Waals surface area contributed by atoms with Crippen LogP contribution < -0.4 is 10.1 Å². The van der Waals surface area contributed by atoms with E-state index < -0.39 is 0 Å². The zero-order chi connectivity index (χ0) is 21.6. The molecule has 31 heavy (non-hydrogen) atoms. The summed E-state index contributed by atoms with van der Waals surface area (Å²) < 4.78 is 25.0. The summed E-state index contributed by atoms with van der Waals surface area (Å²) in [5.41, 5.74) is 1.84. The number of rotatable bonds is 7. The standard InChI is InChI=1S/C23H19FN4O3/c1-15-13-16(30-23-25-11-4-12-26-23)7-8-19(15)28-21(29)9-10-22-27-14-20(31-22)17-5-2-3-6-18(17)24/h2-8,11-14H,9-10H2,1H3,(H,28,29). The third-order valence-electron chi connectivity index (χ3n) is 4.48. The third kappa shape index (κ3) is 5.11. The lowest BCUT2D eigenvalue weighted by Gasteiger charge is -2.10. The van der Waals surface area contributed by atoms with Crippen LogP contribution in [0.5, 0.6) is 11.8 Å². The van der Waals surface area contributed by atoms with Crippen LogP contribution in [0.15, 0.2) is 71.5 Å². The molecule has 1 N–H and O–H groups in total. The van der Waals surface area contributed by atoms with E-state index in [2.05, 4.69) is 20.3 Å². The molecule has 156 valence electrons. The van der Waals surface area contributed by atoms with Crippen LogP contribution in [0.3, 0.4) is 0 Å². The van der Waals surface area contributed by atoms with Crippen molar-refractivity contribution in [3.63, 3.8) is 0 Å². The maximum atomic E-state index is 13.9. The van der Waals surface area contributed by atoms with Gasteiger partial charge in [-0.3, -0.25) is 4.79 Å². The minimum atomic E-state index is -0.385. The fourth-order valence-corrected chi connectivity index (χ4v) is 2.93. The first-order valence-corrected chi connectivity index (χ1v) is 9.63. The minimum Gasteiger partial charge on any atom is -0.441 e. The lowest BCUT2D eigenvalue weighted by atomic mass is 10.2. The number of ether oxygens (including phenoxy) is 1. The van der Waals surface area contributed by atoms with E-state index in [4.69, 9.17) is 9.15 Å². The number of amides is 1. The molecular weight excluding hydrogens is 399 g/mol. The zero-order valence-corrected chi connectivity index (χ0v) is 16.7. The average molecular weight is 418 g/mol. The quantitative estimate of drug-likeness (QED) is 0.457. The van der Waals surface area contributed by atoms with Crippen molar-refractivity contribution in [3.05, 3.63) is 84.4 Å². The summed E-state index contributed by atoms with van der Waals surface area (Å²) in [7, 11) is 0. The second kappa shape index (κ2) is 9.17. The van der Waals surface area contributed by atoms with Crippen molar-refractivity contribution >= 4 is 11.6 Å². The van der Waals surface area contributed by atoms with Gasteiger partial charge in [-0.25, -0.2) is 19.3 Å². The Morgan fingerprint density at radius 3 is 2.68 bits per heavy atom. The van der Waals surface area contributed by atoms with Gasteiger partial charge in [0.2, 0.25) is 5.91 Å². The Balaban J connectivity index is 1.33. The summed E-state index contributed by atoms with van der Waals surface area (Å²) in [6.07, 6.45) is 5.12. The number of nitrogens with zero attached hydrogens (tertiary/aromatic N) is 3. The molecule has 0 bridgehead atoms. The summed E-state index contributed by atoms with van der Waals surface area (Å²) in [6, 6.07) is 13.5. The highest BCUT2D eigenvalue weighted by atomic mass is 19.1. The maximum Gasteiger partial charge on any atom is 0.321 e. The smallest absolute Gasteiger partial charge is 0.321 e. The van der Waals surface area contributed by atoms with Crippen LogP contribution in [0.4, 0.5) is 10.1 Å². The first kappa shape index (κ1) is 20.2. The number of oxazole rings is 1. The van der Waals surface area contributed by atoms with Crippen LogP contribution in [0.2, 0.25) is 0 Å². The Labute approximate surface area is 178 Å². The van der Waals surface area contributed by atoms with Crippen molar-refractivity contribution in [1.82, 2.24) is 15.0 Å². The van der Waals surface area contributed by atoms with Gasteiger partial charge >= 0.3 is 6.01 Å². The summed E-state index contributed by atoms with van der Waals surface area (Å²) in [6.45, 7) is 1.86. The Morgan fingerprint density at radius 2 is 1.90 bits per heavy atom. The van der Waals surface area contributed by atoms with Gasteiger partial charge in [-0.2, -0.15) is 0 Å². The number of carbonyl (C=O) groups is 1. The van der Waals surface area contributed by atoms with Gasteiger partial charge in [0.1, 0.15) is 11.6 Å². The molecule has 2 aromatic heterocycles. The predicted octanol–water partition coefficient (Wildman–Crippen LogP) is 4.94. The molecule has 1 amide bonds. The minimum absolute atomic E-state index is 0.173. The van der Waals surface area contributed by atoms with Gasteiger partial charge in [-0.1, -0.05) is 12.1 Å². The lowest BCUT2D eigenvalue weighted by Crippen LogP contribution is -2.13. The van der Waals surface area contributed by atoms with E-state index in [1.165, 1.54) is 12.3 Å². The molecule has 0 unspecified atom stereocenters. The van der Waals surface area contributed by atoms with E-state index in [-0.39, 0.29) is 24.2 Å². The van der Waals surface area contributed by atoms with Crippen molar-refractivity contribution in [3.8, 4) is 23.1 Å². The van der Waals surface area contributed by atoms with Gasteiger partial charge in [-0.15, -0.1) is 0 Å². The molecular formula is C23H19FN4O3. The number of aromatic nitrogens is 3. The van der Waals surface area contributed by atoms with E-state index in [1.807, 2.05) is 6.92 Å². The number of nitrogens with one attached hydrogen (secondary N) is 1. The Kier molecular flexibility index (Phi) is 5.98. The molecule has 0 radical (unpaired) electrons. The van der Waals surface area contributed by atoms with E-state index in [0.717, 1.165) is 5.56 Å². The van der Waals surface area contributed by atoms with Gasteiger partial charge in [0.25, 0.3) is 0 Å². The number of aryl methyl sites for hydroxylation is 2. The Bertz CT molecular complexity index is 1190. The average Bonchev–Trinajstić information content (AvgIpc) is 3.24. The fourth-order valence-electron chi connectivity index (χ4n) is 2.93. The molecule has 4 aromatic rings. The fraction of sp³-hybridized carbons (Fsp3) is 0.130. The number of carbonyl (C=O) groups excluding carboxylic acids is 1. The van der Waals surface area contributed by atoms with Gasteiger partial charge < -0.3 is 14.5 Å². The van der Waals surface area contributed by atoms with Gasteiger partial charge in [0, 0.05) is 30.9 Å². The van der Waals surface area contributed by atoms with E-state index in [0.29, 0.717) is 35.1 Å². The van der Waals surface area contributed by atoms with Crippen molar-refractivity contribution in [2.24, 2.45) is 0 Å². The summed E-state index contributed by atoms with van der Waals surface area (Å²) in [5.74, 6) is 0.708. The first-order valence-electron chi connectivity index (χ1n) is 9.63. The van der Waals surface area contributed by atoms with Gasteiger partial charge in [0.15, 0.2) is 11.7 Å². The van der Waals surface area contributed by atoms with E-state index in [9.17, 15) is 9.18 Å². The predicted molar refractivity (Wildman–Crippen MR) is 112 cm³/mol. The van der Waals surface area contributed by atoms with Crippen LogP contribution in [0.25, 0.3) is 11.3 Å². The summed E-state index contributed by atoms with van der Waals surface area (Å²) in [4.78, 5) is 24.5. The Morgan fingerprint density at radius 1 is 1.10 bits per heavy atom. The van der Waals surface area contributed by atoms with Crippen LogP contribution >= 0.6 is 0 Å². The third-order valence-corrected chi connectivity index (χ3v) is 4.48. The number of anilines is 1. The Hall–Kier alpha value is -4.07. The van der Waals surface area contributed by atoms with Crippen LogP contribution in [-0.2, 0) is 11.2 Å². The van der Waals surface area contributed by atoms with E-state index >= 15 is 0 Å². The zero-order valence-electron chi connectivity index (χ0n) is 16.7. The van der Waals surface area contributed by atoms with Crippen molar-refractivity contribution in [2.75, 3.05) is 5.32 Å². The first-order chi connectivity index (χ1) is 15.1. The molecule has 0 spiro atoms. The second-order valence-electron chi connectivity index (χ2n) is 6.76. The number of hydrogen-bond acceptors (Lipinski definition) is 6. The SMILES string of the molecule is Cc1cc(Oc2ncccn2)ccc1NC(=O)CCc1ncc(-c2ccccc2F)o1. The van der Waals surface area contributed by atoms with Crippen molar-refractivity contribution < 1.29 is 18.3 Å². The molecule has 0 aliphatic carbocycles. The van der Waals surface area contributed by atoms with Crippen molar-refractivity contribution in [1.29, 1.82) is 0 Å². The number of hydrogen-bond donors (Lipinski definition) is 1. The number of benzene rings is 2. The molecule has 0 saturated carbocycles. The molecule has 0 saturated heterocycles. The molecule has 0 aliphatic rings. The molecule has 0 fully saturated rings. The lowest BCUT2D eigenvalue weighted by molar-refractivity contribution is -0.116. The monoisotopic (exact) mass is 418 g/mol. The highest BCUT2D eigenvalue weighted by Crippen LogP contribution is 2.25. The molecule has 0 atom stereocenters. The molecule has 2 heterocycles. The van der Waals surface area contributed by atoms with Crippen LogP contribution in [-0.4, -0.2) is 20.9 Å². The normalized spacial score (nSPS) is 10.6. The second-order valence-corrected chi connectivity index (χ2v) is 6.76.